The lowest BCUT2D eigenvalue weighted by atomic mass is 10.2. The third kappa shape index (κ3) is 3.74. The molecule has 5 nitrogen and oxygen atoms in total. The molecule has 1 aromatic rings. The highest BCUT2D eigenvalue weighted by molar-refractivity contribution is 7.89. The van der Waals surface area contributed by atoms with Crippen molar-refractivity contribution in [3.8, 4) is 0 Å². The number of ether oxygens (including phenoxy) is 1. The van der Waals surface area contributed by atoms with Crippen molar-refractivity contribution in [3.63, 3.8) is 0 Å². The normalized spacial score (nSPS) is 13.3. The fourth-order valence-corrected chi connectivity index (χ4v) is 2.81. The van der Waals surface area contributed by atoms with Crippen molar-refractivity contribution in [2.45, 2.75) is 11.8 Å². The Kier molecular flexibility index (Phi) is 5.02. The van der Waals surface area contributed by atoms with Gasteiger partial charge in [-0.2, -0.15) is 0 Å². The number of halogens is 1. The smallest absolute Gasteiger partial charge is 0.309 e. The number of esters is 1. The summed E-state index contributed by atoms with van der Waals surface area (Å²) in [5.74, 6) is -1.57. The van der Waals surface area contributed by atoms with Gasteiger partial charge in [0.25, 0.3) is 0 Å². The molecule has 0 radical (unpaired) electrons. The number of carbonyl (C=O) groups is 1. The number of rotatable bonds is 5. The molecule has 0 amide bonds. The molecule has 0 aliphatic heterocycles. The molecule has 1 atom stereocenters. The molecule has 0 heterocycles. The van der Waals surface area contributed by atoms with Gasteiger partial charge in [0, 0.05) is 13.6 Å². The van der Waals surface area contributed by atoms with E-state index in [-0.39, 0.29) is 11.4 Å². The minimum absolute atomic E-state index is 0.00756. The summed E-state index contributed by atoms with van der Waals surface area (Å²) in [5, 5.41) is 0. The molecule has 0 fully saturated rings. The Morgan fingerprint density at radius 3 is 2.37 bits per heavy atom. The van der Waals surface area contributed by atoms with Crippen LogP contribution in [0.25, 0.3) is 0 Å². The lowest BCUT2D eigenvalue weighted by Gasteiger charge is -2.20. The Hall–Kier alpha value is -1.47. The van der Waals surface area contributed by atoms with Gasteiger partial charge in [-0.25, -0.2) is 17.1 Å². The summed E-state index contributed by atoms with van der Waals surface area (Å²) >= 11 is 0. The van der Waals surface area contributed by atoms with Crippen LogP contribution in [0.3, 0.4) is 0 Å². The van der Waals surface area contributed by atoms with E-state index in [1.54, 1.807) is 6.92 Å². The van der Waals surface area contributed by atoms with E-state index in [0.29, 0.717) is 0 Å². The fourth-order valence-electron chi connectivity index (χ4n) is 1.55. The second kappa shape index (κ2) is 6.12. The number of benzene rings is 1. The maximum Gasteiger partial charge on any atom is 0.309 e. The number of hydrogen-bond donors (Lipinski definition) is 0. The van der Waals surface area contributed by atoms with Gasteiger partial charge in [0.2, 0.25) is 10.0 Å². The quantitative estimate of drug-likeness (QED) is 0.765. The largest absolute Gasteiger partial charge is 0.469 e. The van der Waals surface area contributed by atoms with Crippen LogP contribution in [0.1, 0.15) is 6.92 Å². The van der Waals surface area contributed by atoms with Crippen LogP contribution in [0, 0.1) is 11.7 Å². The van der Waals surface area contributed by atoms with Crippen LogP contribution < -0.4 is 0 Å². The summed E-state index contributed by atoms with van der Waals surface area (Å²) in [6.07, 6.45) is 0. The summed E-state index contributed by atoms with van der Waals surface area (Å²) in [7, 11) is -1.13. The molecule has 1 rings (SSSR count). The van der Waals surface area contributed by atoms with Crippen molar-refractivity contribution in [2.24, 2.45) is 5.92 Å². The molecule has 0 aromatic heterocycles. The monoisotopic (exact) mass is 289 g/mol. The molecular formula is C12H16FNO4S. The van der Waals surface area contributed by atoms with Crippen molar-refractivity contribution in [2.75, 3.05) is 20.7 Å². The van der Waals surface area contributed by atoms with Gasteiger partial charge < -0.3 is 4.74 Å². The fraction of sp³-hybridized carbons (Fsp3) is 0.417. The SMILES string of the molecule is COC(=O)C(C)CN(C)S(=O)(=O)c1ccc(F)cc1. The number of sulfonamides is 1. The molecule has 0 N–H and O–H groups in total. The van der Waals surface area contributed by atoms with E-state index in [1.807, 2.05) is 0 Å². The highest BCUT2D eigenvalue weighted by Gasteiger charge is 2.25. The van der Waals surface area contributed by atoms with Gasteiger partial charge in [-0.1, -0.05) is 6.92 Å². The van der Waals surface area contributed by atoms with Crippen molar-refractivity contribution < 1.29 is 22.3 Å². The average Bonchev–Trinajstić information content (AvgIpc) is 2.38. The summed E-state index contributed by atoms with van der Waals surface area (Å²) in [4.78, 5) is 11.2. The highest BCUT2D eigenvalue weighted by atomic mass is 32.2. The van der Waals surface area contributed by atoms with Gasteiger partial charge in [-0.15, -0.1) is 0 Å². The first kappa shape index (κ1) is 15.6. The molecule has 0 bridgehead atoms. The third-order valence-corrected chi connectivity index (χ3v) is 4.49. The average molecular weight is 289 g/mol. The van der Waals surface area contributed by atoms with Crippen molar-refractivity contribution in [3.05, 3.63) is 30.1 Å². The van der Waals surface area contributed by atoms with Crippen LogP contribution in [0.5, 0.6) is 0 Å². The Bertz CT molecular complexity index is 541. The van der Waals surface area contributed by atoms with Crippen LogP contribution in [-0.4, -0.2) is 39.4 Å². The molecule has 7 heteroatoms. The Labute approximate surface area is 112 Å². The number of carbonyl (C=O) groups excluding carboxylic acids is 1. The summed E-state index contributed by atoms with van der Waals surface area (Å²) < 4.78 is 42.6. The number of nitrogens with zero attached hydrogens (tertiary/aromatic N) is 1. The molecule has 0 saturated carbocycles. The topological polar surface area (TPSA) is 63.7 Å². The number of hydrogen-bond acceptors (Lipinski definition) is 4. The Balaban J connectivity index is 2.88. The first-order valence-electron chi connectivity index (χ1n) is 5.58. The predicted octanol–water partition coefficient (Wildman–Crippen LogP) is 1.26. The summed E-state index contributed by atoms with van der Waals surface area (Å²) in [6.45, 7) is 1.56. The van der Waals surface area contributed by atoms with Crippen LogP contribution in [0.4, 0.5) is 4.39 Å². The van der Waals surface area contributed by atoms with Gasteiger partial charge in [-0.3, -0.25) is 4.79 Å². The van der Waals surface area contributed by atoms with E-state index < -0.39 is 27.7 Å². The highest BCUT2D eigenvalue weighted by Crippen LogP contribution is 2.16. The van der Waals surface area contributed by atoms with Gasteiger partial charge in [0.1, 0.15) is 5.82 Å². The van der Waals surface area contributed by atoms with Crippen LogP contribution >= 0.6 is 0 Å². The van der Waals surface area contributed by atoms with Gasteiger partial charge in [0.05, 0.1) is 17.9 Å². The van der Waals surface area contributed by atoms with Crippen molar-refractivity contribution in [1.29, 1.82) is 0 Å². The maximum absolute atomic E-state index is 12.8. The molecule has 19 heavy (non-hydrogen) atoms. The first-order chi connectivity index (χ1) is 8.78. The second-order valence-corrected chi connectivity index (χ2v) is 6.21. The van der Waals surface area contributed by atoms with Gasteiger partial charge >= 0.3 is 5.97 Å². The third-order valence-electron chi connectivity index (χ3n) is 2.66. The zero-order chi connectivity index (χ0) is 14.6. The van der Waals surface area contributed by atoms with E-state index >= 15 is 0 Å². The lowest BCUT2D eigenvalue weighted by molar-refractivity contribution is -0.144. The van der Waals surface area contributed by atoms with E-state index in [9.17, 15) is 17.6 Å². The minimum Gasteiger partial charge on any atom is -0.469 e. The van der Waals surface area contributed by atoms with Gasteiger partial charge in [-0.05, 0) is 24.3 Å². The van der Waals surface area contributed by atoms with E-state index in [4.69, 9.17) is 0 Å². The van der Waals surface area contributed by atoms with Crippen molar-refractivity contribution >= 4 is 16.0 Å². The molecule has 0 aliphatic carbocycles. The van der Waals surface area contributed by atoms with Crippen LogP contribution in [0.15, 0.2) is 29.2 Å². The number of methoxy groups -OCH3 is 1. The Morgan fingerprint density at radius 1 is 1.37 bits per heavy atom. The molecule has 106 valence electrons. The maximum atomic E-state index is 12.8. The summed E-state index contributed by atoms with van der Waals surface area (Å²) in [6, 6.07) is 4.52. The van der Waals surface area contributed by atoms with Crippen LogP contribution in [0.2, 0.25) is 0 Å². The zero-order valence-electron chi connectivity index (χ0n) is 11.0. The summed E-state index contributed by atoms with van der Waals surface area (Å²) in [5.41, 5.74) is 0. The lowest BCUT2D eigenvalue weighted by Crippen LogP contribution is -2.34. The molecule has 0 spiro atoms. The van der Waals surface area contributed by atoms with E-state index in [2.05, 4.69) is 4.74 Å². The standard InChI is InChI=1S/C12H16FNO4S/c1-9(12(15)18-3)8-14(2)19(16,17)11-6-4-10(13)5-7-11/h4-7,9H,8H2,1-3H3. The molecule has 0 aliphatic rings. The van der Waals surface area contributed by atoms with E-state index in [0.717, 1.165) is 16.4 Å². The van der Waals surface area contributed by atoms with Crippen LogP contribution in [-0.2, 0) is 19.6 Å². The molecule has 0 saturated heterocycles. The first-order valence-corrected chi connectivity index (χ1v) is 7.02. The van der Waals surface area contributed by atoms with Crippen molar-refractivity contribution in [1.82, 2.24) is 4.31 Å². The second-order valence-electron chi connectivity index (χ2n) is 4.16. The Morgan fingerprint density at radius 2 is 1.89 bits per heavy atom. The molecule has 1 aromatic carbocycles. The molecular weight excluding hydrogens is 273 g/mol. The predicted molar refractivity (Wildman–Crippen MR) is 67.4 cm³/mol. The molecule has 1 unspecified atom stereocenters. The van der Waals surface area contributed by atoms with E-state index in [1.165, 1.54) is 26.3 Å². The zero-order valence-corrected chi connectivity index (χ0v) is 11.8. The minimum atomic E-state index is -3.73. The van der Waals surface area contributed by atoms with Gasteiger partial charge in [0.15, 0.2) is 0 Å².